The molecule has 0 saturated heterocycles. The van der Waals surface area contributed by atoms with Crippen molar-refractivity contribution in [1.82, 2.24) is 4.57 Å². The van der Waals surface area contributed by atoms with E-state index in [0.717, 1.165) is 0 Å². The van der Waals surface area contributed by atoms with Crippen LogP contribution in [0.5, 0.6) is 5.75 Å². The van der Waals surface area contributed by atoms with E-state index in [0.29, 0.717) is 28.1 Å². The predicted octanol–water partition coefficient (Wildman–Crippen LogP) is -1.02. The van der Waals surface area contributed by atoms with Crippen LogP contribution in [0, 0.1) is 0 Å². The monoisotopic (exact) mass is 440 g/mol. The number of aryl methyl sites for hydroxylation is 1. The average molecular weight is 441 g/mol. The van der Waals surface area contributed by atoms with Gasteiger partial charge in [-0.3, -0.25) is 14.4 Å². The summed E-state index contributed by atoms with van der Waals surface area (Å²) in [4.78, 5) is 38.5. The van der Waals surface area contributed by atoms with Gasteiger partial charge in [-0.25, -0.2) is 9.13 Å². The predicted molar refractivity (Wildman–Crippen MR) is 96.2 cm³/mol. The summed E-state index contributed by atoms with van der Waals surface area (Å²) in [7, 11) is 3.26. The summed E-state index contributed by atoms with van der Waals surface area (Å²) in [6.45, 7) is -0.0311. The highest BCUT2D eigenvalue weighted by molar-refractivity contribution is 6.26. The van der Waals surface area contributed by atoms with Crippen LogP contribution in [0.25, 0.3) is 0 Å². The van der Waals surface area contributed by atoms with Gasteiger partial charge >= 0.3 is 0 Å². The van der Waals surface area contributed by atoms with Gasteiger partial charge in [0.25, 0.3) is 0 Å². The number of ketones is 3. The molecule has 0 amide bonds. The molecule has 4 rings (SSSR count). The molecule has 2 aromatic carbocycles. The Hall–Kier alpha value is -3.06. The number of aromatic nitrogens is 2. The summed E-state index contributed by atoms with van der Waals surface area (Å²) in [6, 6.07) is 13.5. The normalized spacial score (nSPS) is 12.1. The standard InChI is InChI=1S/C21H17N2O4.BrH/c1-22-12-23(11-17(24)13-7-9-14(27-2)10-8-13)19-18(22)20(25)15-5-3-4-6-16(15)21(19)26;/h3-10,12H,11H2,1-2H3;1H/q+1;/p-1. The maximum atomic E-state index is 13.0. The third-order valence-corrected chi connectivity index (χ3v) is 4.75. The second kappa shape index (κ2) is 7.52. The number of benzene rings is 2. The van der Waals surface area contributed by atoms with Gasteiger partial charge < -0.3 is 21.7 Å². The molecule has 0 bridgehead atoms. The zero-order valence-corrected chi connectivity index (χ0v) is 16.9. The zero-order valence-electron chi connectivity index (χ0n) is 15.3. The maximum Gasteiger partial charge on any atom is 0.245 e. The molecule has 0 fully saturated rings. The maximum absolute atomic E-state index is 13.0. The second-order valence-electron chi connectivity index (χ2n) is 6.41. The first-order valence-electron chi connectivity index (χ1n) is 8.45. The van der Waals surface area contributed by atoms with E-state index in [4.69, 9.17) is 4.74 Å². The quantitative estimate of drug-likeness (QED) is 0.301. The van der Waals surface area contributed by atoms with E-state index in [1.807, 2.05) is 0 Å². The summed E-state index contributed by atoms with van der Waals surface area (Å²) in [5.74, 6) is 0.0468. The number of ether oxygens (including phenoxy) is 1. The van der Waals surface area contributed by atoms with Crippen molar-refractivity contribution in [3.8, 4) is 5.75 Å². The molecule has 0 spiro atoms. The Morgan fingerprint density at radius 1 is 1.00 bits per heavy atom. The molecule has 0 unspecified atom stereocenters. The number of imidazole rings is 1. The van der Waals surface area contributed by atoms with E-state index in [1.165, 1.54) is 0 Å². The summed E-state index contributed by atoms with van der Waals surface area (Å²) in [6.07, 6.45) is 1.62. The third kappa shape index (κ3) is 3.07. The Bertz CT molecular complexity index is 1100. The fourth-order valence-corrected chi connectivity index (χ4v) is 3.41. The first kappa shape index (κ1) is 19.7. The van der Waals surface area contributed by atoms with Gasteiger partial charge in [-0.05, 0) is 24.3 Å². The van der Waals surface area contributed by atoms with Gasteiger partial charge in [0.1, 0.15) is 5.75 Å². The van der Waals surface area contributed by atoms with Crippen molar-refractivity contribution in [2.24, 2.45) is 7.05 Å². The molecular formula is C21H17BrN2O4. The van der Waals surface area contributed by atoms with Crippen molar-refractivity contribution in [1.29, 1.82) is 0 Å². The molecule has 1 aliphatic carbocycles. The molecule has 1 aliphatic rings. The lowest BCUT2D eigenvalue weighted by molar-refractivity contribution is -0.672. The van der Waals surface area contributed by atoms with Crippen molar-refractivity contribution in [2.45, 2.75) is 6.54 Å². The molecular weight excluding hydrogens is 424 g/mol. The van der Waals surface area contributed by atoms with Gasteiger partial charge in [0, 0.05) is 16.7 Å². The van der Waals surface area contributed by atoms with E-state index in [2.05, 4.69) is 0 Å². The van der Waals surface area contributed by atoms with Crippen LogP contribution in [0.15, 0.2) is 54.9 Å². The summed E-state index contributed by atoms with van der Waals surface area (Å²) < 4.78 is 8.26. The number of methoxy groups -OCH3 is 1. The highest BCUT2D eigenvalue weighted by Crippen LogP contribution is 2.25. The van der Waals surface area contributed by atoms with Crippen molar-refractivity contribution in [3.05, 3.63) is 82.9 Å². The average Bonchev–Trinajstić information content (AvgIpc) is 3.02. The van der Waals surface area contributed by atoms with Crippen LogP contribution in [0.4, 0.5) is 0 Å². The topological polar surface area (TPSA) is 69.2 Å². The van der Waals surface area contributed by atoms with Gasteiger partial charge in [0.05, 0.1) is 14.2 Å². The molecule has 1 aromatic heterocycles. The Morgan fingerprint density at radius 3 is 2.21 bits per heavy atom. The van der Waals surface area contributed by atoms with E-state index >= 15 is 0 Å². The lowest BCUT2D eigenvalue weighted by Gasteiger charge is -2.12. The van der Waals surface area contributed by atoms with Gasteiger partial charge in [0.2, 0.25) is 35.1 Å². The lowest BCUT2D eigenvalue weighted by atomic mass is 9.90. The fraction of sp³-hybridized carbons (Fsp3) is 0.143. The number of carbonyl (C=O) groups is 3. The Balaban J connectivity index is 0.00000225. The van der Waals surface area contributed by atoms with E-state index in [-0.39, 0.29) is 46.6 Å². The molecule has 6 nitrogen and oxygen atoms in total. The minimum absolute atomic E-state index is 0. The number of Topliss-reactive ketones (excluding diaryl/α,β-unsaturated/α-hetero) is 1. The van der Waals surface area contributed by atoms with Gasteiger partial charge in [-0.15, -0.1) is 0 Å². The molecule has 0 atom stereocenters. The molecule has 1 heterocycles. The highest BCUT2D eigenvalue weighted by Gasteiger charge is 2.40. The number of nitrogens with zero attached hydrogens (tertiary/aromatic N) is 2. The van der Waals surface area contributed by atoms with Gasteiger partial charge in [-0.2, -0.15) is 0 Å². The van der Waals surface area contributed by atoms with E-state index < -0.39 is 0 Å². The van der Waals surface area contributed by atoms with Crippen LogP contribution < -0.4 is 26.3 Å². The van der Waals surface area contributed by atoms with E-state index in [9.17, 15) is 14.4 Å². The number of carbonyl (C=O) groups excluding carboxylic acids is 3. The van der Waals surface area contributed by atoms with Crippen molar-refractivity contribution < 1.29 is 40.7 Å². The Morgan fingerprint density at radius 2 is 1.61 bits per heavy atom. The zero-order chi connectivity index (χ0) is 19.1. The summed E-state index contributed by atoms with van der Waals surface area (Å²) in [5, 5.41) is 0. The van der Waals surface area contributed by atoms with Crippen LogP contribution in [0.1, 0.15) is 42.5 Å². The van der Waals surface area contributed by atoms with Crippen molar-refractivity contribution in [3.63, 3.8) is 0 Å². The summed E-state index contributed by atoms with van der Waals surface area (Å²) in [5.41, 5.74) is 1.83. The molecule has 3 aromatic rings. The number of rotatable bonds is 4. The van der Waals surface area contributed by atoms with E-state index in [1.54, 1.807) is 78.1 Å². The second-order valence-corrected chi connectivity index (χ2v) is 6.41. The third-order valence-electron chi connectivity index (χ3n) is 4.75. The van der Waals surface area contributed by atoms with Crippen LogP contribution in [0.2, 0.25) is 0 Å². The number of hydrogen-bond acceptors (Lipinski definition) is 4. The molecule has 7 heteroatoms. The smallest absolute Gasteiger partial charge is 0.245 e. The van der Waals surface area contributed by atoms with Gasteiger partial charge in [0.15, 0.2) is 6.54 Å². The number of halogens is 1. The van der Waals surface area contributed by atoms with Crippen LogP contribution in [-0.4, -0.2) is 29.0 Å². The molecule has 0 radical (unpaired) electrons. The van der Waals surface area contributed by atoms with Crippen molar-refractivity contribution in [2.75, 3.05) is 7.11 Å². The summed E-state index contributed by atoms with van der Waals surface area (Å²) >= 11 is 0. The SMILES string of the molecule is COc1ccc(C(=O)Cn2c[n+](C)c3c2C(=O)c2ccccc2C3=O)cc1.[Br-]. The minimum atomic E-state index is -0.247. The molecule has 0 saturated carbocycles. The molecule has 28 heavy (non-hydrogen) atoms. The molecule has 0 aliphatic heterocycles. The minimum Gasteiger partial charge on any atom is -1.00 e. The van der Waals surface area contributed by atoms with Gasteiger partial charge in [-0.1, -0.05) is 24.3 Å². The molecule has 0 N–H and O–H groups in total. The Kier molecular flexibility index (Phi) is 5.29. The number of fused-ring (bicyclic) bond motifs is 2. The first-order valence-corrected chi connectivity index (χ1v) is 8.45. The fourth-order valence-electron chi connectivity index (χ4n) is 3.41. The molecule has 142 valence electrons. The first-order chi connectivity index (χ1) is 13.0. The van der Waals surface area contributed by atoms with Crippen LogP contribution in [0.3, 0.4) is 0 Å². The lowest BCUT2D eigenvalue weighted by Crippen LogP contribution is -3.00. The highest BCUT2D eigenvalue weighted by atomic mass is 79.9. The largest absolute Gasteiger partial charge is 1.00 e. The Labute approximate surface area is 172 Å². The van der Waals surface area contributed by atoms with Crippen molar-refractivity contribution >= 4 is 17.3 Å². The van der Waals surface area contributed by atoms with Crippen LogP contribution in [-0.2, 0) is 13.6 Å². The van der Waals surface area contributed by atoms with Crippen LogP contribution >= 0.6 is 0 Å². The number of hydrogen-bond donors (Lipinski definition) is 0.